The van der Waals surface area contributed by atoms with Crippen molar-refractivity contribution in [3.8, 4) is 0 Å². The van der Waals surface area contributed by atoms with Crippen LogP contribution in [0.5, 0.6) is 0 Å². The van der Waals surface area contributed by atoms with Gasteiger partial charge in [-0.25, -0.2) is 4.98 Å². The molecule has 2 rings (SSSR count). The highest BCUT2D eigenvalue weighted by Gasteiger charge is 2.32. The molecule has 20 heavy (non-hydrogen) atoms. The lowest BCUT2D eigenvalue weighted by atomic mass is 10.0. The number of hydrogen-bond donors (Lipinski definition) is 2. The molecule has 0 radical (unpaired) electrons. The fourth-order valence-electron chi connectivity index (χ4n) is 1.92. The molecule has 4 nitrogen and oxygen atoms in total. The quantitative estimate of drug-likeness (QED) is 0.885. The minimum absolute atomic E-state index is 0.0747. The average molecular weight is 284 g/mol. The molecule has 0 atom stereocenters. The van der Waals surface area contributed by atoms with Gasteiger partial charge < -0.3 is 5.73 Å². The van der Waals surface area contributed by atoms with Crippen LogP contribution in [0.3, 0.4) is 0 Å². The molecule has 0 fully saturated rings. The van der Waals surface area contributed by atoms with Gasteiger partial charge in [-0.2, -0.15) is 18.3 Å². The van der Waals surface area contributed by atoms with E-state index in [1.807, 2.05) is 0 Å². The van der Waals surface area contributed by atoms with E-state index in [9.17, 15) is 13.2 Å². The first-order valence-electron chi connectivity index (χ1n) is 6.26. The van der Waals surface area contributed by atoms with E-state index in [4.69, 9.17) is 5.73 Å². The first-order valence-corrected chi connectivity index (χ1v) is 6.26. The lowest BCUT2D eigenvalue weighted by Gasteiger charge is -2.11. The maximum absolute atomic E-state index is 12.9. The standard InChI is InChI=1S/C13H15F3N4/c14-13(15,16)10-5-2-1-4-9(10)8-12-18-11(19-20-12)6-3-7-17/h1-2,4-5H,3,6-8,17H2,(H,18,19,20). The van der Waals surface area contributed by atoms with E-state index in [1.54, 1.807) is 6.07 Å². The summed E-state index contributed by atoms with van der Waals surface area (Å²) in [5, 5.41) is 6.64. The number of alkyl halides is 3. The molecule has 0 aliphatic rings. The van der Waals surface area contributed by atoms with Crippen LogP contribution in [0.1, 0.15) is 29.2 Å². The second-order valence-electron chi connectivity index (χ2n) is 4.42. The van der Waals surface area contributed by atoms with Gasteiger partial charge in [0.15, 0.2) is 5.82 Å². The number of halogens is 3. The number of H-pyrrole nitrogens is 1. The Balaban J connectivity index is 2.16. The van der Waals surface area contributed by atoms with Gasteiger partial charge in [-0.3, -0.25) is 5.10 Å². The summed E-state index contributed by atoms with van der Waals surface area (Å²) in [6, 6.07) is 5.47. The molecule has 0 saturated heterocycles. The van der Waals surface area contributed by atoms with Gasteiger partial charge in [0, 0.05) is 12.8 Å². The molecule has 0 aliphatic heterocycles. The van der Waals surface area contributed by atoms with E-state index >= 15 is 0 Å². The van der Waals surface area contributed by atoms with Crippen LogP contribution in [0.4, 0.5) is 13.2 Å². The summed E-state index contributed by atoms with van der Waals surface area (Å²) in [6.45, 7) is 0.529. The Labute approximate surface area is 114 Å². The molecule has 108 valence electrons. The molecule has 3 N–H and O–H groups in total. The first kappa shape index (κ1) is 14.5. The largest absolute Gasteiger partial charge is 0.416 e. The van der Waals surface area contributed by atoms with Gasteiger partial charge in [0.2, 0.25) is 0 Å². The van der Waals surface area contributed by atoms with Crippen LogP contribution in [0.15, 0.2) is 24.3 Å². The van der Waals surface area contributed by atoms with Crippen molar-refractivity contribution < 1.29 is 13.2 Å². The number of nitrogens with one attached hydrogen (secondary N) is 1. The molecule has 0 aliphatic carbocycles. The summed E-state index contributed by atoms with van der Waals surface area (Å²) in [7, 11) is 0. The molecule has 1 aromatic carbocycles. The monoisotopic (exact) mass is 284 g/mol. The number of aromatic amines is 1. The van der Waals surface area contributed by atoms with Gasteiger partial charge >= 0.3 is 6.18 Å². The van der Waals surface area contributed by atoms with Crippen LogP contribution in [0.25, 0.3) is 0 Å². The second kappa shape index (κ2) is 6.04. The van der Waals surface area contributed by atoms with Gasteiger partial charge in [-0.15, -0.1) is 0 Å². The number of rotatable bonds is 5. The predicted octanol–water partition coefficient (Wildman–Crippen LogP) is 2.31. The van der Waals surface area contributed by atoms with E-state index in [1.165, 1.54) is 12.1 Å². The molecule has 0 saturated carbocycles. The Morgan fingerprint density at radius 2 is 1.95 bits per heavy atom. The van der Waals surface area contributed by atoms with Crippen LogP contribution < -0.4 is 5.73 Å². The number of aromatic nitrogens is 3. The van der Waals surface area contributed by atoms with Gasteiger partial charge in [0.05, 0.1) is 5.56 Å². The van der Waals surface area contributed by atoms with E-state index in [2.05, 4.69) is 15.2 Å². The molecule has 0 bridgehead atoms. The smallest absolute Gasteiger partial charge is 0.330 e. The lowest BCUT2D eigenvalue weighted by molar-refractivity contribution is -0.138. The second-order valence-corrected chi connectivity index (χ2v) is 4.42. The molecule has 1 heterocycles. The highest BCUT2D eigenvalue weighted by molar-refractivity contribution is 5.31. The number of hydrogen-bond acceptors (Lipinski definition) is 3. The third-order valence-corrected chi connectivity index (χ3v) is 2.86. The minimum atomic E-state index is -4.36. The topological polar surface area (TPSA) is 67.6 Å². The third kappa shape index (κ3) is 3.57. The molecule has 0 spiro atoms. The van der Waals surface area contributed by atoms with E-state index in [-0.39, 0.29) is 12.0 Å². The normalized spacial score (nSPS) is 11.8. The Hall–Kier alpha value is -1.89. The van der Waals surface area contributed by atoms with Crippen LogP contribution >= 0.6 is 0 Å². The summed E-state index contributed by atoms with van der Waals surface area (Å²) >= 11 is 0. The Morgan fingerprint density at radius 1 is 1.20 bits per heavy atom. The summed E-state index contributed by atoms with van der Waals surface area (Å²) in [5.74, 6) is 1.00. The predicted molar refractivity (Wildman–Crippen MR) is 68.0 cm³/mol. The molecular weight excluding hydrogens is 269 g/mol. The zero-order valence-corrected chi connectivity index (χ0v) is 10.7. The first-order chi connectivity index (χ1) is 9.50. The maximum atomic E-state index is 12.9. The summed E-state index contributed by atoms with van der Waals surface area (Å²) < 4.78 is 38.6. The number of nitrogens with zero attached hydrogens (tertiary/aromatic N) is 2. The van der Waals surface area contributed by atoms with Gasteiger partial charge in [0.25, 0.3) is 0 Å². The highest BCUT2D eigenvalue weighted by Crippen LogP contribution is 2.32. The summed E-state index contributed by atoms with van der Waals surface area (Å²) in [6.07, 6.45) is -2.92. The van der Waals surface area contributed by atoms with Crippen LogP contribution in [0, 0.1) is 0 Å². The van der Waals surface area contributed by atoms with Gasteiger partial charge in [-0.05, 0) is 24.6 Å². The van der Waals surface area contributed by atoms with Gasteiger partial charge in [-0.1, -0.05) is 18.2 Å². The molecule has 0 amide bonds. The van der Waals surface area contributed by atoms with Crippen molar-refractivity contribution in [3.63, 3.8) is 0 Å². The van der Waals surface area contributed by atoms with Crippen molar-refractivity contribution >= 4 is 0 Å². The van der Waals surface area contributed by atoms with Crippen molar-refractivity contribution in [2.24, 2.45) is 5.73 Å². The molecule has 7 heteroatoms. The third-order valence-electron chi connectivity index (χ3n) is 2.86. The number of nitrogens with two attached hydrogens (primary N) is 1. The fraction of sp³-hybridized carbons (Fsp3) is 0.385. The van der Waals surface area contributed by atoms with Crippen molar-refractivity contribution in [1.82, 2.24) is 15.2 Å². The molecular formula is C13H15F3N4. The lowest BCUT2D eigenvalue weighted by Crippen LogP contribution is -2.09. The zero-order valence-electron chi connectivity index (χ0n) is 10.7. The van der Waals surface area contributed by atoms with E-state index < -0.39 is 11.7 Å². The van der Waals surface area contributed by atoms with Crippen molar-refractivity contribution in [2.75, 3.05) is 6.54 Å². The average Bonchev–Trinajstić information content (AvgIpc) is 2.83. The van der Waals surface area contributed by atoms with Crippen LogP contribution in [-0.2, 0) is 19.0 Å². The SMILES string of the molecule is NCCCc1n[nH]c(Cc2ccccc2C(F)(F)F)n1. The molecule has 1 aromatic heterocycles. The Bertz CT molecular complexity index is 563. The van der Waals surface area contributed by atoms with Crippen LogP contribution in [0.2, 0.25) is 0 Å². The van der Waals surface area contributed by atoms with Crippen LogP contribution in [-0.4, -0.2) is 21.7 Å². The van der Waals surface area contributed by atoms with Crippen molar-refractivity contribution in [1.29, 1.82) is 0 Å². The molecule has 2 aromatic rings. The number of benzene rings is 1. The maximum Gasteiger partial charge on any atom is 0.416 e. The molecule has 0 unspecified atom stereocenters. The summed E-state index contributed by atoms with van der Waals surface area (Å²) in [5.41, 5.74) is 4.93. The zero-order chi connectivity index (χ0) is 14.6. The highest BCUT2D eigenvalue weighted by atomic mass is 19.4. The van der Waals surface area contributed by atoms with Gasteiger partial charge in [0.1, 0.15) is 5.82 Å². The van der Waals surface area contributed by atoms with Crippen molar-refractivity contribution in [2.45, 2.75) is 25.4 Å². The van der Waals surface area contributed by atoms with E-state index in [0.29, 0.717) is 24.6 Å². The Kier molecular flexibility index (Phi) is 4.39. The van der Waals surface area contributed by atoms with Crippen molar-refractivity contribution in [3.05, 3.63) is 47.0 Å². The Morgan fingerprint density at radius 3 is 2.65 bits per heavy atom. The minimum Gasteiger partial charge on any atom is -0.330 e. The fourth-order valence-corrected chi connectivity index (χ4v) is 1.92. The number of aryl methyl sites for hydroxylation is 1. The summed E-state index contributed by atoms with van der Waals surface area (Å²) in [4.78, 5) is 4.18. The van der Waals surface area contributed by atoms with E-state index in [0.717, 1.165) is 12.5 Å².